The zero-order valence-electron chi connectivity index (χ0n) is 10.8. The standard InChI is InChI=1S/C11H21F3N4/c1-3-18(6-4-11(12,13)14)7-5-15-10-16-8-9(2)17-10/h9H,3-8H2,1-2H3,(H2,15,16,17). The highest BCUT2D eigenvalue weighted by Gasteiger charge is 2.27. The molecule has 0 saturated heterocycles. The molecule has 0 saturated carbocycles. The molecule has 106 valence electrons. The third kappa shape index (κ3) is 6.09. The fraction of sp³-hybridized carbons (Fsp3) is 0.909. The first-order valence-electron chi connectivity index (χ1n) is 6.24. The van der Waals surface area contributed by atoms with Crippen LogP contribution in [-0.2, 0) is 0 Å². The Bertz CT molecular complexity index is 278. The minimum absolute atomic E-state index is 0.0536. The third-order valence-corrected chi connectivity index (χ3v) is 2.79. The Kier molecular flexibility index (Phi) is 5.71. The molecular weight excluding hydrogens is 245 g/mol. The maximum atomic E-state index is 12.1. The van der Waals surface area contributed by atoms with E-state index in [4.69, 9.17) is 0 Å². The molecular formula is C11H21F3N4. The van der Waals surface area contributed by atoms with Crippen LogP contribution in [0.2, 0.25) is 0 Å². The molecule has 0 amide bonds. The van der Waals surface area contributed by atoms with Crippen LogP contribution in [0, 0.1) is 0 Å². The number of nitrogens with zero attached hydrogens (tertiary/aromatic N) is 2. The van der Waals surface area contributed by atoms with Gasteiger partial charge in [0.2, 0.25) is 0 Å². The fourth-order valence-electron chi connectivity index (χ4n) is 1.71. The molecule has 0 aromatic rings. The van der Waals surface area contributed by atoms with Gasteiger partial charge < -0.3 is 15.5 Å². The number of hydrogen-bond donors (Lipinski definition) is 2. The number of halogens is 3. The number of likely N-dealkylation sites (N-methyl/N-ethyl adjacent to an activating group) is 1. The molecule has 4 nitrogen and oxygen atoms in total. The molecule has 1 atom stereocenters. The summed E-state index contributed by atoms with van der Waals surface area (Å²) in [5.74, 6) is 0.745. The Morgan fingerprint density at radius 3 is 2.67 bits per heavy atom. The van der Waals surface area contributed by atoms with Gasteiger partial charge in [-0.2, -0.15) is 13.2 Å². The van der Waals surface area contributed by atoms with Gasteiger partial charge in [-0.3, -0.25) is 4.99 Å². The fourth-order valence-corrected chi connectivity index (χ4v) is 1.71. The second kappa shape index (κ2) is 6.82. The van der Waals surface area contributed by atoms with Crippen molar-refractivity contribution >= 4 is 5.96 Å². The van der Waals surface area contributed by atoms with Gasteiger partial charge in [0.05, 0.1) is 13.0 Å². The molecule has 1 aliphatic heterocycles. The Balaban J connectivity index is 2.15. The molecule has 1 rings (SSSR count). The van der Waals surface area contributed by atoms with E-state index in [9.17, 15) is 13.2 Å². The highest BCUT2D eigenvalue weighted by molar-refractivity contribution is 5.81. The second-order valence-electron chi connectivity index (χ2n) is 4.46. The minimum atomic E-state index is -4.08. The summed E-state index contributed by atoms with van der Waals surface area (Å²) in [6.07, 6.45) is -4.83. The maximum absolute atomic E-state index is 12.1. The van der Waals surface area contributed by atoms with E-state index in [-0.39, 0.29) is 6.54 Å². The van der Waals surface area contributed by atoms with E-state index >= 15 is 0 Å². The van der Waals surface area contributed by atoms with E-state index in [1.54, 1.807) is 4.90 Å². The van der Waals surface area contributed by atoms with Crippen molar-refractivity contribution in [1.29, 1.82) is 0 Å². The van der Waals surface area contributed by atoms with Gasteiger partial charge in [0.1, 0.15) is 0 Å². The van der Waals surface area contributed by atoms with Gasteiger partial charge in [-0.05, 0) is 13.5 Å². The topological polar surface area (TPSA) is 39.7 Å². The Morgan fingerprint density at radius 2 is 2.17 bits per heavy atom. The average molecular weight is 266 g/mol. The molecule has 0 aliphatic carbocycles. The van der Waals surface area contributed by atoms with E-state index in [0.717, 1.165) is 12.5 Å². The first-order chi connectivity index (χ1) is 8.40. The summed E-state index contributed by atoms with van der Waals surface area (Å²) < 4.78 is 36.3. The first-order valence-corrected chi connectivity index (χ1v) is 6.24. The van der Waals surface area contributed by atoms with Crippen molar-refractivity contribution in [3.8, 4) is 0 Å². The van der Waals surface area contributed by atoms with Gasteiger partial charge in [0, 0.05) is 25.7 Å². The van der Waals surface area contributed by atoms with Crippen molar-refractivity contribution < 1.29 is 13.2 Å². The molecule has 0 fully saturated rings. The highest BCUT2D eigenvalue weighted by atomic mass is 19.4. The molecule has 0 aromatic carbocycles. The highest BCUT2D eigenvalue weighted by Crippen LogP contribution is 2.19. The molecule has 0 aromatic heterocycles. The molecule has 0 bridgehead atoms. The van der Waals surface area contributed by atoms with Crippen LogP contribution in [0.1, 0.15) is 20.3 Å². The minimum Gasteiger partial charge on any atom is -0.355 e. The van der Waals surface area contributed by atoms with Crippen LogP contribution >= 0.6 is 0 Å². The number of nitrogens with one attached hydrogen (secondary N) is 2. The Morgan fingerprint density at radius 1 is 1.44 bits per heavy atom. The van der Waals surface area contributed by atoms with E-state index in [2.05, 4.69) is 15.6 Å². The summed E-state index contributed by atoms with van der Waals surface area (Å²) in [7, 11) is 0. The molecule has 1 heterocycles. The van der Waals surface area contributed by atoms with Gasteiger partial charge in [0.15, 0.2) is 5.96 Å². The van der Waals surface area contributed by atoms with E-state index in [1.165, 1.54) is 0 Å². The summed E-state index contributed by atoms with van der Waals surface area (Å²) in [5.41, 5.74) is 0. The van der Waals surface area contributed by atoms with E-state index in [0.29, 0.717) is 25.7 Å². The molecule has 1 unspecified atom stereocenters. The summed E-state index contributed by atoms with van der Waals surface area (Å²) in [4.78, 5) is 6.00. The van der Waals surface area contributed by atoms with Gasteiger partial charge in [-0.25, -0.2) is 0 Å². The number of aliphatic imine (C=N–C) groups is 1. The predicted octanol–water partition coefficient (Wildman–Crippen LogP) is 1.20. The van der Waals surface area contributed by atoms with Gasteiger partial charge in [0.25, 0.3) is 0 Å². The lowest BCUT2D eigenvalue weighted by Gasteiger charge is -2.21. The van der Waals surface area contributed by atoms with Crippen molar-refractivity contribution in [2.24, 2.45) is 4.99 Å². The number of alkyl halides is 3. The quantitative estimate of drug-likeness (QED) is 0.759. The monoisotopic (exact) mass is 266 g/mol. The molecule has 0 spiro atoms. The van der Waals surface area contributed by atoms with Crippen molar-refractivity contribution in [1.82, 2.24) is 15.5 Å². The van der Waals surface area contributed by atoms with Gasteiger partial charge in [-0.1, -0.05) is 6.92 Å². The van der Waals surface area contributed by atoms with Crippen molar-refractivity contribution in [2.75, 3.05) is 32.7 Å². The zero-order chi connectivity index (χ0) is 13.6. The molecule has 0 radical (unpaired) electrons. The van der Waals surface area contributed by atoms with Crippen LogP contribution in [0.25, 0.3) is 0 Å². The normalized spacial score (nSPS) is 19.9. The van der Waals surface area contributed by atoms with Crippen molar-refractivity contribution in [3.05, 3.63) is 0 Å². The van der Waals surface area contributed by atoms with Crippen LogP contribution in [0.5, 0.6) is 0 Å². The van der Waals surface area contributed by atoms with Crippen LogP contribution in [0.4, 0.5) is 13.2 Å². The predicted molar refractivity (Wildman–Crippen MR) is 65.7 cm³/mol. The van der Waals surface area contributed by atoms with Crippen LogP contribution in [-0.4, -0.2) is 55.8 Å². The zero-order valence-corrected chi connectivity index (χ0v) is 10.8. The summed E-state index contributed by atoms with van der Waals surface area (Å²) in [6, 6.07) is 0.333. The maximum Gasteiger partial charge on any atom is 0.390 e. The molecule has 2 N–H and O–H groups in total. The largest absolute Gasteiger partial charge is 0.390 e. The van der Waals surface area contributed by atoms with Crippen LogP contribution in [0.15, 0.2) is 4.99 Å². The first kappa shape index (κ1) is 15.1. The van der Waals surface area contributed by atoms with Crippen molar-refractivity contribution in [3.63, 3.8) is 0 Å². The smallest absolute Gasteiger partial charge is 0.355 e. The SMILES string of the molecule is CCN(CCNC1=NCC(C)N1)CCC(F)(F)F. The van der Waals surface area contributed by atoms with Gasteiger partial charge in [-0.15, -0.1) is 0 Å². The van der Waals surface area contributed by atoms with Crippen LogP contribution < -0.4 is 10.6 Å². The lowest BCUT2D eigenvalue weighted by molar-refractivity contribution is -0.137. The number of guanidine groups is 1. The molecule has 1 aliphatic rings. The van der Waals surface area contributed by atoms with E-state index in [1.807, 2.05) is 13.8 Å². The summed E-state index contributed by atoms with van der Waals surface area (Å²) in [5, 5.41) is 6.23. The Labute approximate surface area is 106 Å². The van der Waals surface area contributed by atoms with Crippen LogP contribution in [0.3, 0.4) is 0 Å². The number of hydrogen-bond acceptors (Lipinski definition) is 4. The lowest BCUT2D eigenvalue weighted by atomic mass is 10.3. The molecule has 7 heteroatoms. The van der Waals surface area contributed by atoms with Gasteiger partial charge >= 0.3 is 6.18 Å². The number of rotatable bonds is 6. The summed E-state index contributed by atoms with van der Waals surface area (Å²) in [6.45, 7) is 6.50. The Hall–Kier alpha value is -0.980. The van der Waals surface area contributed by atoms with Crippen molar-refractivity contribution in [2.45, 2.75) is 32.5 Å². The summed E-state index contributed by atoms with van der Waals surface area (Å²) >= 11 is 0. The average Bonchev–Trinajstić information content (AvgIpc) is 2.68. The lowest BCUT2D eigenvalue weighted by Crippen LogP contribution is -2.42. The second-order valence-corrected chi connectivity index (χ2v) is 4.46. The third-order valence-electron chi connectivity index (χ3n) is 2.79. The molecule has 18 heavy (non-hydrogen) atoms. The van der Waals surface area contributed by atoms with E-state index < -0.39 is 12.6 Å².